The average Bonchev–Trinajstić information content (AvgIpc) is 2.64. The lowest BCUT2D eigenvalue weighted by atomic mass is 10.1. The van der Waals surface area contributed by atoms with Crippen LogP contribution < -0.4 is 15.1 Å². The fourth-order valence-electron chi connectivity index (χ4n) is 2.54. The second-order valence-corrected chi connectivity index (χ2v) is 5.82. The molecule has 2 aromatic carbocycles. The average molecular weight is 372 g/mol. The number of esters is 1. The molecule has 0 amide bonds. The quantitative estimate of drug-likeness (QED) is 0.488. The molecular weight excluding hydrogens is 355 g/mol. The first-order valence-corrected chi connectivity index (χ1v) is 8.11. The van der Waals surface area contributed by atoms with Gasteiger partial charge in [-0.05, 0) is 42.3 Å². The maximum Gasteiger partial charge on any atom is 0.344 e. The van der Waals surface area contributed by atoms with Gasteiger partial charge in [-0.1, -0.05) is 6.07 Å². The fourth-order valence-corrected chi connectivity index (χ4v) is 2.54. The zero-order valence-corrected chi connectivity index (χ0v) is 14.8. The Bertz CT molecular complexity index is 1040. The number of rotatable bonds is 6. The number of hydrogen-bond donors (Lipinski definition) is 0. The summed E-state index contributed by atoms with van der Waals surface area (Å²) in [6, 6.07) is 10.7. The Labute approximate surface area is 154 Å². The van der Waals surface area contributed by atoms with Gasteiger partial charge in [0.15, 0.2) is 18.2 Å². The van der Waals surface area contributed by atoms with Crippen molar-refractivity contribution >= 4 is 16.9 Å². The smallest absolute Gasteiger partial charge is 0.344 e. The molecule has 1 heterocycles. The fraction of sp³-hybridized carbons (Fsp3) is 0.200. The summed E-state index contributed by atoms with van der Waals surface area (Å²) in [6.07, 6.45) is 0. The Kier molecular flexibility index (Phi) is 5.40. The van der Waals surface area contributed by atoms with Gasteiger partial charge in [0.05, 0.1) is 7.11 Å². The molecule has 3 aromatic rings. The number of carbonyl (C=O) groups is 1. The third-order valence-corrected chi connectivity index (χ3v) is 3.90. The highest BCUT2D eigenvalue weighted by Gasteiger charge is 2.09. The predicted octanol–water partition coefficient (Wildman–Crippen LogP) is 3.37. The highest BCUT2D eigenvalue weighted by atomic mass is 19.1. The number of methoxy groups -OCH3 is 1. The molecule has 0 radical (unpaired) electrons. The zero-order valence-electron chi connectivity index (χ0n) is 14.8. The van der Waals surface area contributed by atoms with Crippen LogP contribution in [-0.4, -0.2) is 19.7 Å². The molecule has 0 saturated carbocycles. The van der Waals surface area contributed by atoms with E-state index >= 15 is 0 Å². The van der Waals surface area contributed by atoms with E-state index in [1.54, 1.807) is 25.1 Å². The molecule has 1 aromatic heterocycles. The van der Waals surface area contributed by atoms with Gasteiger partial charge in [0.2, 0.25) is 0 Å². The number of carbonyl (C=O) groups excluding carboxylic acids is 1. The predicted molar refractivity (Wildman–Crippen MR) is 95.5 cm³/mol. The van der Waals surface area contributed by atoms with Crippen LogP contribution in [0.5, 0.6) is 11.5 Å². The Balaban J connectivity index is 1.58. The van der Waals surface area contributed by atoms with Gasteiger partial charge in [0.1, 0.15) is 17.9 Å². The van der Waals surface area contributed by atoms with E-state index in [1.807, 2.05) is 0 Å². The molecule has 0 atom stereocenters. The van der Waals surface area contributed by atoms with Crippen LogP contribution in [0, 0.1) is 12.7 Å². The van der Waals surface area contributed by atoms with Crippen molar-refractivity contribution in [3.8, 4) is 11.5 Å². The topological polar surface area (TPSA) is 75.0 Å². The lowest BCUT2D eigenvalue weighted by Gasteiger charge is -2.09. The van der Waals surface area contributed by atoms with Crippen molar-refractivity contribution in [1.82, 2.24) is 0 Å². The van der Waals surface area contributed by atoms with Crippen LogP contribution >= 0.6 is 0 Å². The summed E-state index contributed by atoms with van der Waals surface area (Å²) in [5, 5.41) is 0.783. The van der Waals surface area contributed by atoms with Crippen LogP contribution in [0.2, 0.25) is 0 Å². The Morgan fingerprint density at radius 1 is 1.15 bits per heavy atom. The molecule has 6 nitrogen and oxygen atoms in total. The normalized spacial score (nSPS) is 10.6. The summed E-state index contributed by atoms with van der Waals surface area (Å²) in [5.41, 5.74) is 1.20. The Hall–Kier alpha value is -3.35. The van der Waals surface area contributed by atoms with Gasteiger partial charge in [-0.2, -0.15) is 0 Å². The lowest BCUT2D eigenvalue weighted by Crippen LogP contribution is -2.14. The molecule has 0 N–H and O–H groups in total. The van der Waals surface area contributed by atoms with Gasteiger partial charge < -0.3 is 18.6 Å². The number of halogens is 1. The Morgan fingerprint density at radius 3 is 2.70 bits per heavy atom. The van der Waals surface area contributed by atoms with E-state index in [1.165, 1.54) is 31.4 Å². The molecule has 0 aliphatic rings. The van der Waals surface area contributed by atoms with Crippen molar-refractivity contribution in [2.24, 2.45) is 0 Å². The van der Waals surface area contributed by atoms with Gasteiger partial charge in [-0.25, -0.2) is 14.0 Å². The van der Waals surface area contributed by atoms with Crippen LogP contribution in [0.15, 0.2) is 51.7 Å². The molecule has 3 rings (SSSR count). The SMILES string of the molecule is COc1ccc(COC(=O)COc2ccc3c(C)cc(=O)oc3c2)cc1F. The molecule has 0 saturated heterocycles. The molecule has 0 aliphatic heterocycles. The van der Waals surface area contributed by atoms with Crippen LogP contribution in [-0.2, 0) is 16.1 Å². The largest absolute Gasteiger partial charge is 0.494 e. The minimum Gasteiger partial charge on any atom is -0.494 e. The third kappa shape index (κ3) is 4.44. The monoisotopic (exact) mass is 372 g/mol. The first kappa shape index (κ1) is 18.4. The molecule has 27 heavy (non-hydrogen) atoms. The van der Waals surface area contributed by atoms with E-state index in [-0.39, 0.29) is 19.0 Å². The molecular formula is C20H17FO6. The summed E-state index contributed by atoms with van der Waals surface area (Å²) in [6.45, 7) is 1.38. The maximum atomic E-state index is 13.6. The second-order valence-electron chi connectivity index (χ2n) is 5.82. The highest BCUT2D eigenvalue weighted by molar-refractivity contribution is 5.81. The number of hydrogen-bond acceptors (Lipinski definition) is 6. The van der Waals surface area contributed by atoms with Crippen molar-refractivity contribution in [1.29, 1.82) is 0 Å². The molecule has 0 bridgehead atoms. The minimum atomic E-state index is -0.614. The van der Waals surface area contributed by atoms with E-state index in [2.05, 4.69) is 0 Å². The van der Waals surface area contributed by atoms with Gasteiger partial charge >= 0.3 is 11.6 Å². The van der Waals surface area contributed by atoms with Gasteiger partial charge in [-0.3, -0.25) is 0 Å². The van der Waals surface area contributed by atoms with E-state index in [4.69, 9.17) is 18.6 Å². The molecule has 0 unspecified atom stereocenters. The summed E-state index contributed by atoms with van der Waals surface area (Å²) in [4.78, 5) is 23.3. The summed E-state index contributed by atoms with van der Waals surface area (Å²) >= 11 is 0. The van der Waals surface area contributed by atoms with E-state index < -0.39 is 17.4 Å². The van der Waals surface area contributed by atoms with Crippen molar-refractivity contribution in [3.05, 3.63) is 69.8 Å². The van der Waals surface area contributed by atoms with Crippen molar-refractivity contribution in [3.63, 3.8) is 0 Å². The summed E-state index contributed by atoms with van der Waals surface area (Å²) in [5.74, 6) is -0.664. The highest BCUT2D eigenvalue weighted by Crippen LogP contribution is 2.22. The van der Waals surface area contributed by atoms with Gasteiger partial charge in [0, 0.05) is 17.5 Å². The van der Waals surface area contributed by atoms with Gasteiger partial charge in [0.25, 0.3) is 0 Å². The lowest BCUT2D eigenvalue weighted by molar-refractivity contribution is -0.147. The number of benzene rings is 2. The van der Waals surface area contributed by atoms with Gasteiger partial charge in [-0.15, -0.1) is 0 Å². The van der Waals surface area contributed by atoms with Crippen LogP contribution in [0.25, 0.3) is 11.0 Å². The second kappa shape index (κ2) is 7.90. The molecule has 7 heteroatoms. The number of ether oxygens (including phenoxy) is 3. The summed E-state index contributed by atoms with van der Waals surface area (Å²) < 4.78 is 34.0. The third-order valence-electron chi connectivity index (χ3n) is 3.90. The molecule has 0 fully saturated rings. The molecule has 0 aliphatic carbocycles. The minimum absolute atomic E-state index is 0.0884. The summed E-state index contributed by atoms with van der Waals surface area (Å²) in [7, 11) is 1.37. The molecule has 0 spiro atoms. The first-order chi connectivity index (χ1) is 13.0. The first-order valence-electron chi connectivity index (χ1n) is 8.11. The Morgan fingerprint density at radius 2 is 1.96 bits per heavy atom. The number of aryl methyl sites for hydroxylation is 1. The molecule has 140 valence electrons. The maximum absolute atomic E-state index is 13.6. The van der Waals surface area contributed by atoms with E-state index in [0.29, 0.717) is 16.9 Å². The number of fused-ring (bicyclic) bond motifs is 1. The van der Waals surface area contributed by atoms with E-state index in [9.17, 15) is 14.0 Å². The van der Waals surface area contributed by atoms with Crippen LogP contribution in [0.3, 0.4) is 0 Å². The van der Waals surface area contributed by atoms with Crippen molar-refractivity contribution in [2.75, 3.05) is 13.7 Å². The van der Waals surface area contributed by atoms with Crippen molar-refractivity contribution < 1.29 is 27.8 Å². The standard InChI is InChI=1S/C20H17FO6/c1-12-7-19(22)27-18-9-14(4-5-15(12)18)25-11-20(23)26-10-13-3-6-17(24-2)16(21)8-13/h3-9H,10-11H2,1-2H3. The van der Waals surface area contributed by atoms with Crippen molar-refractivity contribution in [2.45, 2.75) is 13.5 Å². The van der Waals surface area contributed by atoms with E-state index in [0.717, 1.165) is 10.9 Å². The zero-order chi connectivity index (χ0) is 19.4. The van der Waals surface area contributed by atoms with Crippen LogP contribution in [0.4, 0.5) is 4.39 Å². The van der Waals surface area contributed by atoms with Crippen LogP contribution in [0.1, 0.15) is 11.1 Å².